The van der Waals surface area contributed by atoms with Gasteiger partial charge in [-0.15, -0.1) is 0 Å². The maximum Gasteiger partial charge on any atom is 0.0404 e. The Labute approximate surface area is 85.5 Å². The van der Waals surface area contributed by atoms with Gasteiger partial charge >= 0.3 is 0 Å². The van der Waals surface area contributed by atoms with Crippen LogP contribution in [0.3, 0.4) is 0 Å². The van der Waals surface area contributed by atoms with Crippen molar-refractivity contribution in [2.75, 3.05) is 0 Å². The lowest BCUT2D eigenvalue weighted by atomic mass is 9.74. The van der Waals surface area contributed by atoms with E-state index in [1.54, 1.807) is 0 Å². The van der Waals surface area contributed by atoms with E-state index in [0.717, 1.165) is 12.8 Å². The van der Waals surface area contributed by atoms with Gasteiger partial charge in [-0.1, -0.05) is 6.07 Å². The van der Waals surface area contributed by atoms with Gasteiger partial charge in [-0.2, -0.15) is 0 Å². The molecule has 0 spiro atoms. The van der Waals surface area contributed by atoms with Crippen molar-refractivity contribution in [2.24, 2.45) is 5.73 Å². The fraction of sp³-hybridized carbons (Fsp3) is 0.583. The Kier molecular flexibility index (Phi) is 2.55. The van der Waals surface area contributed by atoms with Gasteiger partial charge in [0, 0.05) is 17.4 Å². The first-order valence-corrected chi connectivity index (χ1v) is 5.38. The van der Waals surface area contributed by atoms with E-state index in [0.29, 0.717) is 0 Å². The van der Waals surface area contributed by atoms with Gasteiger partial charge < -0.3 is 5.73 Å². The molecule has 2 rings (SSSR count). The highest BCUT2D eigenvalue weighted by Gasteiger charge is 2.31. The molecule has 0 bridgehead atoms. The summed E-state index contributed by atoms with van der Waals surface area (Å²) in [5.74, 6) is 0. The molecule has 1 heterocycles. The molecule has 0 saturated heterocycles. The summed E-state index contributed by atoms with van der Waals surface area (Å²) in [5, 5.41) is 0. The Morgan fingerprint density at radius 1 is 1.43 bits per heavy atom. The molecule has 14 heavy (non-hydrogen) atoms. The zero-order valence-electron chi connectivity index (χ0n) is 8.79. The number of aryl methyl sites for hydroxylation is 2. The highest BCUT2D eigenvalue weighted by Crippen LogP contribution is 2.32. The maximum absolute atomic E-state index is 6.15. The smallest absolute Gasteiger partial charge is 0.0404 e. The van der Waals surface area contributed by atoms with Crippen LogP contribution in [0.4, 0.5) is 0 Å². The van der Waals surface area contributed by atoms with Crippen LogP contribution in [0.5, 0.6) is 0 Å². The molecule has 76 valence electrons. The molecule has 1 saturated carbocycles. The zero-order valence-corrected chi connectivity index (χ0v) is 8.79. The number of hydrogen-bond donors (Lipinski definition) is 1. The summed E-state index contributed by atoms with van der Waals surface area (Å²) in [5.41, 5.74) is 8.68. The Hall–Kier alpha value is -0.890. The summed E-state index contributed by atoms with van der Waals surface area (Å²) in [6.07, 6.45) is 7.73. The molecule has 1 aliphatic rings. The van der Waals surface area contributed by atoms with Crippen molar-refractivity contribution in [2.45, 2.75) is 44.6 Å². The van der Waals surface area contributed by atoms with Crippen molar-refractivity contribution >= 4 is 0 Å². The molecule has 1 aliphatic carbocycles. The molecule has 2 nitrogen and oxygen atoms in total. The molecule has 0 unspecified atom stereocenters. The van der Waals surface area contributed by atoms with Gasteiger partial charge in [0.2, 0.25) is 0 Å². The fourth-order valence-corrected chi connectivity index (χ4v) is 1.90. The minimum Gasteiger partial charge on any atom is -0.325 e. The third kappa shape index (κ3) is 2.13. The van der Waals surface area contributed by atoms with E-state index in [1.807, 2.05) is 6.20 Å². The largest absolute Gasteiger partial charge is 0.325 e. The summed E-state index contributed by atoms with van der Waals surface area (Å²) in [4.78, 5) is 4.38. The van der Waals surface area contributed by atoms with Crippen LogP contribution in [-0.4, -0.2) is 10.5 Å². The molecule has 0 aromatic carbocycles. The topological polar surface area (TPSA) is 38.9 Å². The van der Waals surface area contributed by atoms with Crippen LogP contribution >= 0.6 is 0 Å². The lowest BCUT2D eigenvalue weighted by Crippen LogP contribution is -2.46. The second-order valence-corrected chi connectivity index (χ2v) is 4.54. The number of rotatable bonds is 3. The van der Waals surface area contributed by atoms with E-state index in [4.69, 9.17) is 5.73 Å². The molecule has 1 aromatic rings. The van der Waals surface area contributed by atoms with Gasteiger partial charge in [-0.05, 0) is 50.7 Å². The van der Waals surface area contributed by atoms with Crippen molar-refractivity contribution in [3.05, 3.63) is 29.6 Å². The van der Waals surface area contributed by atoms with E-state index >= 15 is 0 Å². The van der Waals surface area contributed by atoms with Crippen LogP contribution in [0.2, 0.25) is 0 Å². The Bertz CT molecular complexity index is 299. The predicted octanol–water partition coefficient (Wildman–Crippen LogP) is 2.20. The average Bonchev–Trinajstić information content (AvgIpc) is 2.14. The van der Waals surface area contributed by atoms with E-state index in [9.17, 15) is 0 Å². The predicted molar refractivity (Wildman–Crippen MR) is 58.1 cm³/mol. The molecular formula is C12H18N2. The minimum atomic E-state index is 0.132. The van der Waals surface area contributed by atoms with E-state index < -0.39 is 0 Å². The summed E-state index contributed by atoms with van der Waals surface area (Å²) >= 11 is 0. The fourth-order valence-electron chi connectivity index (χ4n) is 1.90. The molecule has 0 aliphatic heterocycles. The Morgan fingerprint density at radius 2 is 2.21 bits per heavy atom. The molecule has 1 fully saturated rings. The van der Waals surface area contributed by atoms with Gasteiger partial charge in [0.1, 0.15) is 0 Å². The SMILES string of the molecule is Cc1ccc(CCC2(N)CCC2)nc1. The number of aromatic nitrogens is 1. The number of hydrogen-bond acceptors (Lipinski definition) is 2. The number of pyridine rings is 1. The van der Waals surface area contributed by atoms with Crippen molar-refractivity contribution in [3.63, 3.8) is 0 Å². The van der Waals surface area contributed by atoms with Crippen LogP contribution in [0.15, 0.2) is 18.3 Å². The Morgan fingerprint density at radius 3 is 2.71 bits per heavy atom. The van der Waals surface area contributed by atoms with E-state index in [-0.39, 0.29) is 5.54 Å². The third-order valence-electron chi connectivity index (χ3n) is 3.20. The molecular weight excluding hydrogens is 172 g/mol. The highest BCUT2D eigenvalue weighted by atomic mass is 14.8. The van der Waals surface area contributed by atoms with Crippen molar-refractivity contribution in [1.29, 1.82) is 0 Å². The van der Waals surface area contributed by atoms with Crippen LogP contribution in [0.25, 0.3) is 0 Å². The van der Waals surface area contributed by atoms with Crippen molar-refractivity contribution < 1.29 is 0 Å². The quantitative estimate of drug-likeness (QED) is 0.793. The van der Waals surface area contributed by atoms with Gasteiger partial charge in [-0.25, -0.2) is 0 Å². The van der Waals surface area contributed by atoms with Gasteiger partial charge in [0.25, 0.3) is 0 Å². The molecule has 0 radical (unpaired) electrons. The van der Waals surface area contributed by atoms with Gasteiger partial charge in [-0.3, -0.25) is 4.98 Å². The van der Waals surface area contributed by atoms with Crippen LogP contribution in [-0.2, 0) is 6.42 Å². The summed E-state index contributed by atoms with van der Waals surface area (Å²) in [7, 11) is 0. The minimum absolute atomic E-state index is 0.132. The molecule has 0 atom stereocenters. The van der Waals surface area contributed by atoms with E-state index in [1.165, 1.54) is 30.5 Å². The molecule has 1 aromatic heterocycles. The lowest BCUT2D eigenvalue weighted by Gasteiger charge is -2.38. The number of nitrogens with two attached hydrogens (primary N) is 1. The second kappa shape index (κ2) is 3.70. The van der Waals surface area contributed by atoms with Crippen molar-refractivity contribution in [3.8, 4) is 0 Å². The standard InChI is InChI=1S/C12H18N2/c1-10-3-4-11(14-9-10)5-8-12(13)6-2-7-12/h3-4,9H,2,5-8,13H2,1H3. The van der Waals surface area contributed by atoms with Gasteiger partial charge in [0.05, 0.1) is 0 Å². The third-order valence-corrected chi connectivity index (χ3v) is 3.20. The summed E-state index contributed by atoms with van der Waals surface area (Å²) in [6, 6.07) is 4.23. The molecule has 2 N–H and O–H groups in total. The Balaban J connectivity index is 1.88. The molecule has 2 heteroatoms. The van der Waals surface area contributed by atoms with Gasteiger partial charge in [0.15, 0.2) is 0 Å². The monoisotopic (exact) mass is 190 g/mol. The number of nitrogens with zero attached hydrogens (tertiary/aromatic N) is 1. The first-order valence-electron chi connectivity index (χ1n) is 5.38. The highest BCUT2D eigenvalue weighted by molar-refractivity contribution is 5.13. The maximum atomic E-state index is 6.15. The first-order chi connectivity index (χ1) is 6.68. The van der Waals surface area contributed by atoms with Crippen molar-refractivity contribution in [1.82, 2.24) is 4.98 Å². The summed E-state index contributed by atoms with van der Waals surface area (Å²) in [6.45, 7) is 2.06. The van der Waals surface area contributed by atoms with Crippen LogP contribution in [0.1, 0.15) is 36.9 Å². The lowest BCUT2D eigenvalue weighted by molar-refractivity contribution is 0.231. The van der Waals surface area contributed by atoms with Crippen LogP contribution in [0, 0.1) is 6.92 Å². The zero-order chi connectivity index (χ0) is 10.0. The summed E-state index contributed by atoms with van der Waals surface area (Å²) < 4.78 is 0. The average molecular weight is 190 g/mol. The normalized spacial score (nSPS) is 19.0. The van der Waals surface area contributed by atoms with E-state index in [2.05, 4.69) is 24.0 Å². The first kappa shape index (κ1) is 9.66. The molecule has 0 amide bonds. The van der Waals surface area contributed by atoms with Crippen LogP contribution < -0.4 is 5.73 Å². The second-order valence-electron chi connectivity index (χ2n) is 4.54.